The summed E-state index contributed by atoms with van der Waals surface area (Å²) in [6, 6.07) is 4.68. The molecule has 0 amide bonds. The Morgan fingerprint density at radius 1 is 1.47 bits per heavy atom. The van der Waals surface area contributed by atoms with Gasteiger partial charge in [0.05, 0.1) is 5.02 Å². The summed E-state index contributed by atoms with van der Waals surface area (Å²) in [5, 5.41) is 0.0621. The molecule has 15 heavy (non-hydrogen) atoms. The highest BCUT2D eigenvalue weighted by atomic mass is 35.5. The molecule has 2 nitrogen and oxygen atoms in total. The van der Waals surface area contributed by atoms with Crippen molar-refractivity contribution in [1.82, 2.24) is 0 Å². The van der Waals surface area contributed by atoms with E-state index in [9.17, 15) is 4.39 Å². The first-order chi connectivity index (χ1) is 7.06. The predicted molar refractivity (Wildman–Crippen MR) is 59.7 cm³/mol. The van der Waals surface area contributed by atoms with E-state index in [-0.39, 0.29) is 22.8 Å². The van der Waals surface area contributed by atoms with Gasteiger partial charge in [-0.1, -0.05) is 31.5 Å². The van der Waals surface area contributed by atoms with E-state index in [0.29, 0.717) is 6.54 Å². The number of halogens is 2. The summed E-state index contributed by atoms with van der Waals surface area (Å²) in [7, 11) is 0. The van der Waals surface area contributed by atoms with Crippen molar-refractivity contribution >= 4 is 11.6 Å². The molecule has 0 aliphatic rings. The van der Waals surface area contributed by atoms with Crippen molar-refractivity contribution in [3.05, 3.63) is 29.0 Å². The molecule has 1 aromatic carbocycles. The molecule has 0 saturated carbocycles. The lowest BCUT2D eigenvalue weighted by Gasteiger charge is -2.21. The second-order valence-electron chi connectivity index (χ2n) is 3.69. The number of hydrogen-bond donors (Lipinski definition) is 1. The fourth-order valence-electron chi connectivity index (χ4n) is 1.19. The van der Waals surface area contributed by atoms with Crippen LogP contribution >= 0.6 is 11.6 Å². The topological polar surface area (TPSA) is 35.2 Å². The lowest BCUT2D eigenvalue weighted by molar-refractivity contribution is 0.152. The number of benzene rings is 1. The van der Waals surface area contributed by atoms with E-state index in [1.165, 1.54) is 6.07 Å². The second kappa shape index (κ2) is 5.33. The zero-order valence-corrected chi connectivity index (χ0v) is 9.59. The molecule has 0 spiro atoms. The molecule has 0 fully saturated rings. The normalized spacial score (nSPS) is 12.9. The Labute approximate surface area is 94.2 Å². The fraction of sp³-hybridized carbons (Fsp3) is 0.455. The highest BCUT2D eigenvalue weighted by Gasteiger charge is 2.16. The summed E-state index contributed by atoms with van der Waals surface area (Å²) in [5.41, 5.74) is 5.53. The highest BCUT2D eigenvalue weighted by Crippen LogP contribution is 2.25. The SMILES string of the molecule is CC(C)C(CN)Oc1cccc(Cl)c1F. The van der Waals surface area contributed by atoms with E-state index in [1.807, 2.05) is 13.8 Å². The van der Waals surface area contributed by atoms with Gasteiger partial charge in [-0.3, -0.25) is 0 Å². The summed E-state index contributed by atoms with van der Waals surface area (Å²) in [5.74, 6) is -0.140. The zero-order valence-electron chi connectivity index (χ0n) is 8.84. The minimum atomic E-state index is -0.529. The Kier molecular flexibility index (Phi) is 4.36. The Balaban J connectivity index is 2.84. The van der Waals surface area contributed by atoms with Crippen molar-refractivity contribution in [3.63, 3.8) is 0 Å². The molecular formula is C11H15ClFNO. The lowest BCUT2D eigenvalue weighted by Crippen LogP contribution is -2.32. The molecule has 4 heteroatoms. The van der Waals surface area contributed by atoms with E-state index in [0.717, 1.165) is 0 Å². The molecule has 0 radical (unpaired) electrons. The molecule has 0 saturated heterocycles. The van der Waals surface area contributed by atoms with Crippen LogP contribution in [-0.4, -0.2) is 12.6 Å². The van der Waals surface area contributed by atoms with Gasteiger partial charge in [0.25, 0.3) is 0 Å². The third kappa shape index (κ3) is 3.08. The van der Waals surface area contributed by atoms with Gasteiger partial charge >= 0.3 is 0 Å². The van der Waals surface area contributed by atoms with Gasteiger partial charge in [0.15, 0.2) is 11.6 Å². The van der Waals surface area contributed by atoms with Gasteiger partial charge in [-0.05, 0) is 18.1 Å². The molecule has 2 N–H and O–H groups in total. The van der Waals surface area contributed by atoms with Crippen LogP contribution < -0.4 is 10.5 Å². The lowest BCUT2D eigenvalue weighted by atomic mass is 10.1. The van der Waals surface area contributed by atoms with Crippen LogP contribution in [0.15, 0.2) is 18.2 Å². The van der Waals surface area contributed by atoms with Gasteiger partial charge in [0.1, 0.15) is 6.10 Å². The Hall–Kier alpha value is -0.800. The molecule has 0 aliphatic heterocycles. The summed E-state index contributed by atoms with van der Waals surface area (Å²) < 4.78 is 18.9. The van der Waals surface area contributed by atoms with Crippen molar-refractivity contribution in [2.24, 2.45) is 11.7 Å². The van der Waals surface area contributed by atoms with Crippen LogP contribution in [0.5, 0.6) is 5.75 Å². The number of ether oxygens (including phenoxy) is 1. The fourth-order valence-corrected chi connectivity index (χ4v) is 1.36. The minimum absolute atomic E-state index is 0.0621. The summed E-state index contributed by atoms with van der Waals surface area (Å²) in [6.07, 6.45) is -0.196. The van der Waals surface area contributed by atoms with E-state index in [4.69, 9.17) is 22.1 Å². The summed E-state index contributed by atoms with van der Waals surface area (Å²) in [4.78, 5) is 0. The van der Waals surface area contributed by atoms with Crippen molar-refractivity contribution in [3.8, 4) is 5.75 Å². The van der Waals surface area contributed by atoms with Crippen LogP contribution in [0, 0.1) is 11.7 Å². The van der Waals surface area contributed by atoms with E-state index in [2.05, 4.69) is 0 Å². The maximum absolute atomic E-state index is 13.5. The van der Waals surface area contributed by atoms with Crippen LogP contribution in [0.3, 0.4) is 0 Å². The van der Waals surface area contributed by atoms with Gasteiger partial charge in [-0.15, -0.1) is 0 Å². The van der Waals surface area contributed by atoms with Crippen molar-refractivity contribution in [2.45, 2.75) is 20.0 Å². The van der Waals surface area contributed by atoms with Gasteiger partial charge in [0.2, 0.25) is 0 Å². The number of hydrogen-bond acceptors (Lipinski definition) is 2. The third-order valence-corrected chi connectivity index (χ3v) is 2.46. The highest BCUT2D eigenvalue weighted by molar-refractivity contribution is 6.30. The van der Waals surface area contributed by atoms with Crippen LogP contribution in [0.4, 0.5) is 4.39 Å². The van der Waals surface area contributed by atoms with Gasteiger partial charge in [-0.2, -0.15) is 0 Å². The molecule has 0 heterocycles. The van der Waals surface area contributed by atoms with Crippen LogP contribution in [0.1, 0.15) is 13.8 Å². The third-order valence-electron chi connectivity index (χ3n) is 2.17. The van der Waals surface area contributed by atoms with Crippen molar-refractivity contribution in [1.29, 1.82) is 0 Å². The molecule has 0 aromatic heterocycles. The second-order valence-corrected chi connectivity index (χ2v) is 4.10. The average Bonchev–Trinajstić information content (AvgIpc) is 2.19. The molecule has 1 aromatic rings. The maximum atomic E-state index is 13.5. The predicted octanol–water partition coefficient (Wildman–Crippen LogP) is 2.84. The Bertz CT molecular complexity index is 330. The molecular weight excluding hydrogens is 217 g/mol. The first-order valence-corrected chi connectivity index (χ1v) is 5.24. The standard InChI is InChI=1S/C11H15ClFNO/c1-7(2)10(6-14)15-9-5-3-4-8(12)11(9)13/h3-5,7,10H,6,14H2,1-2H3. The largest absolute Gasteiger partial charge is 0.486 e. The van der Waals surface area contributed by atoms with Gasteiger partial charge in [-0.25, -0.2) is 4.39 Å². The first kappa shape index (κ1) is 12.3. The number of rotatable bonds is 4. The smallest absolute Gasteiger partial charge is 0.183 e. The Morgan fingerprint density at radius 2 is 2.13 bits per heavy atom. The maximum Gasteiger partial charge on any atom is 0.183 e. The van der Waals surface area contributed by atoms with Gasteiger partial charge in [0, 0.05) is 6.54 Å². The van der Waals surface area contributed by atoms with Gasteiger partial charge < -0.3 is 10.5 Å². The molecule has 84 valence electrons. The zero-order chi connectivity index (χ0) is 11.4. The average molecular weight is 232 g/mol. The van der Waals surface area contributed by atoms with Crippen LogP contribution in [-0.2, 0) is 0 Å². The Morgan fingerprint density at radius 3 is 2.67 bits per heavy atom. The monoisotopic (exact) mass is 231 g/mol. The number of nitrogens with two attached hydrogens (primary N) is 1. The molecule has 0 bridgehead atoms. The summed E-state index contributed by atoms with van der Waals surface area (Å²) >= 11 is 5.63. The molecule has 1 rings (SSSR count). The van der Waals surface area contributed by atoms with Crippen molar-refractivity contribution in [2.75, 3.05) is 6.54 Å². The van der Waals surface area contributed by atoms with Crippen molar-refractivity contribution < 1.29 is 9.13 Å². The quantitative estimate of drug-likeness (QED) is 0.865. The molecule has 1 atom stereocenters. The first-order valence-electron chi connectivity index (χ1n) is 4.87. The molecule has 1 unspecified atom stereocenters. The van der Waals surface area contributed by atoms with E-state index >= 15 is 0 Å². The van der Waals surface area contributed by atoms with E-state index in [1.54, 1.807) is 12.1 Å². The minimum Gasteiger partial charge on any atom is -0.486 e. The van der Waals surface area contributed by atoms with Crippen LogP contribution in [0.25, 0.3) is 0 Å². The molecule has 0 aliphatic carbocycles. The van der Waals surface area contributed by atoms with Crippen LogP contribution in [0.2, 0.25) is 5.02 Å². The summed E-state index contributed by atoms with van der Waals surface area (Å²) in [6.45, 7) is 4.30. The van der Waals surface area contributed by atoms with E-state index < -0.39 is 5.82 Å².